The zero-order valence-electron chi connectivity index (χ0n) is 7.46. The monoisotopic (exact) mass is 159 g/mol. The number of methoxy groups -OCH3 is 1. The zero-order chi connectivity index (χ0) is 8.85. The zero-order valence-corrected chi connectivity index (χ0v) is 7.46. The van der Waals surface area contributed by atoms with Crippen molar-refractivity contribution in [2.45, 2.75) is 32.7 Å². The highest BCUT2D eigenvalue weighted by atomic mass is 16.5. The SMILES string of the molecule is COC(=O)CC(N)CC(C)C. The van der Waals surface area contributed by atoms with Gasteiger partial charge in [-0.3, -0.25) is 4.79 Å². The van der Waals surface area contributed by atoms with Gasteiger partial charge in [0.1, 0.15) is 0 Å². The molecule has 0 aliphatic carbocycles. The molecule has 0 aromatic heterocycles. The Bertz CT molecular complexity index is 123. The minimum Gasteiger partial charge on any atom is -0.469 e. The van der Waals surface area contributed by atoms with E-state index in [1.54, 1.807) is 0 Å². The van der Waals surface area contributed by atoms with Crippen LogP contribution >= 0.6 is 0 Å². The Kier molecular flexibility index (Phi) is 4.86. The van der Waals surface area contributed by atoms with E-state index in [1.807, 2.05) is 0 Å². The quantitative estimate of drug-likeness (QED) is 0.621. The molecule has 11 heavy (non-hydrogen) atoms. The third-order valence-electron chi connectivity index (χ3n) is 1.43. The fourth-order valence-electron chi connectivity index (χ4n) is 0.986. The van der Waals surface area contributed by atoms with Crippen LogP contribution in [-0.2, 0) is 9.53 Å². The normalized spacial score (nSPS) is 13.2. The summed E-state index contributed by atoms with van der Waals surface area (Å²) in [7, 11) is 1.38. The van der Waals surface area contributed by atoms with Crippen molar-refractivity contribution < 1.29 is 9.53 Å². The summed E-state index contributed by atoms with van der Waals surface area (Å²) in [4.78, 5) is 10.7. The molecule has 0 radical (unpaired) electrons. The molecule has 0 aromatic rings. The van der Waals surface area contributed by atoms with Crippen molar-refractivity contribution in [2.75, 3.05) is 7.11 Å². The van der Waals surface area contributed by atoms with Crippen molar-refractivity contribution in [3.8, 4) is 0 Å². The van der Waals surface area contributed by atoms with Crippen LogP contribution in [0.3, 0.4) is 0 Å². The number of ether oxygens (including phenoxy) is 1. The molecular weight excluding hydrogens is 142 g/mol. The van der Waals surface area contributed by atoms with E-state index >= 15 is 0 Å². The molecular formula is C8H17NO2. The number of esters is 1. The number of rotatable bonds is 4. The molecule has 0 aliphatic heterocycles. The van der Waals surface area contributed by atoms with Gasteiger partial charge in [0.25, 0.3) is 0 Å². The van der Waals surface area contributed by atoms with E-state index in [-0.39, 0.29) is 12.0 Å². The lowest BCUT2D eigenvalue weighted by Crippen LogP contribution is -2.25. The molecule has 1 unspecified atom stereocenters. The van der Waals surface area contributed by atoms with E-state index in [1.165, 1.54) is 7.11 Å². The average molecular weight is 159 g/mol. The average Bonchev–Trinajstić information content (AvgIpc) is 1.85. The summed E-state index contributed by atoms with van der Waals surface area (Å²) >= 11 is 0. The van der Waals surface area contributed by atoms with E-state index in [9.17, 15) is 4.79 Å². The van der Waals surface area contributed by atoms with Gasteiger partial charge in [0.2, 0.25) is 0 Å². The molecule has 3 heteroatoms. The number of nitrogens with two attached hydrogens (primary N) is 1. The highest BCUT2D eigenvalue weighted by molar-refractivity contribution is 5.69. The summed E-state index contributed by atoms with van der Waals surface area (Å²) in [6.07, 6.45) is 1.20. The Hall–Kier alpha value is -0.570. The molecule has 0 aliphatic rings. The van der Waals surface area contributed by atoms with Gasteiger partial charge in [0, 0.05) is 6.04 Å². The maximum absolute atomic E-state index is 10.7. The lowest BCUT2D eigenvalue weighted by atomic mass is 10.0. The van der Waals surface area contributed by atoms with Gasteiger partial charge in [0.15, 0.2) is 0 Å². The Morgan fingerprint density at radius 3 is 2.45 bits per heavy atom. The van der Waals surface area contributed by atoms with Crippen LogP contribution in [0.15, 0.2) is 0 Å². The van der Waals surface area contributed by atoms with Gasteiger partial charge in [0.05, 0.1) is 13.5 Å². The summed E-state index contributed by atoms with van der Waals surface area (Å²) in [6.45, 7) is 4.16. The van der Waals surface area contributed by atoms with Crippen LogP contribution in [0, 0.1) is 5.92 Å². The van der Waals surface area contributed by atoms with Gasteiger partial charge in [-0.2, -0.15) is 0 Å². The van der Waals surface area contributed by atoms with Crippen molar-refractivity contribution in [1.29, 1.82) is 0 Å². The van der Waals surface area contributed by atoms with Gasteiger partial charge in [-0.25, -0.2) is 0 Å². The second-order valence-electron chi connectivity index (χ2n) is 3.17. The first-order valence-corrected chi connectivity index (χ1v) is 3.88. The van der Waals surface area contributed by atoms with Crippen molar-refractivity contribution in [2.24, 2.45) is 11.7 Å². The second-order valence-corrected chi connectivity index (χ2v) is 3.17. The topological polar surface area (TPSA) is 52.3 Å². The molecule has 0 saturated heterocycles. The Morgan fingerprint density at radius 1 is 1.55 bits per heavy atom. The summed E-state index contributed by atoms with van der Waals surface area (Å²) in [5.41, 5.74) is 5.65. The molecule has 0 bridgehead atoms. The van der Waals surface area contributed by atoms with Crippen LogP contribution in [0.2, 0.25) is 0 Å². The van der Waals surface area contributed by atoms with Gasteiger partial charge in [-0.1, -0.05) is 13.8 Å². The third kappa shape index (κ3) is 5.85. The first-order chi connectivity index (χ1) is 5.06. The molecule has 1 atom stereocenters. The predicted molar refractivity (Wildman–Crippen MR) is 44.1 cm³/mol. The highest BCUT2D eigenvalue weighted by Crippen LogP contribution is 2.05. The minimum absolute atomic E-state index is 0.0533. The van der Waals surface area contributed by atoms with Gasteiger partial charge >= 0.3 is 5.97 Å². The van der Waals surface area contributed by atoms with Gasteiger partial charge in [-0.05, 0) is 12.3 Å². The summed E-state index contributed by atoms with van der Waals surface area (Å²) in [6, 6.07) is -0.0533. The second kappa shape index (κ2) is 5.13. The van der Waals surface area contributed by atoms with E-state index in [0.717, 1.165) is 6.42 Å². The fraction of sp³-hybridized carbons (Fsp3) is 0.875. The number of hydrogen-bond acceptors (Lipinski definition) is 3. The van der Waals surface area contributed by atoms with Crippen LogP contribution in [0.4, 0.5) is 0 Å². The number of carbonyl (C=O) groups excluding carboxylic acids is 1. The van der Waals surface area contributed by atoms with Crippen LogP contribution in [0.5, 0.6) is 0 Å². The first kappa shape index (κ1) is 10.4. The molecule has 0 aromatic carbocycles. The number of hydrogen-bond donors (Lipinski definition) is 1. The van der Waals surface area contributed by atoms with Crippen molar-refractivity contribution >= 4 is 5.97 Å². The van der Waals surface area contributed by atoms with Crippen LogP contribution in [0.25, 0.3) is 0 Å². The highest BCUT2D eigenvalue weighted by Gasteiger charge is 2.10. The minimum atomic E-state index is -0.224. The summed E-state index contributed by atoms with van der Waals surface area (Å²) < 4.78 is 4.48. The lowest BCUT2D eigenvalue weighted by molar-refractivity contribution is -0.141. The number of carbonyl (C=O) groups is 1. The molecule has 3 nitrogen and oxygen atoms in total. The molecule has 0 rings (SSSR count). The molecule has 0 heterocycles. The van der Waals surface area contributed by atoms with E-state index in [2.05, 4.69) is 18.6 Å². The standard InChI is InChI=1S/C8H17NO2/c1-6(2)4-7(9)5-8(10)11-3/h6-7H,4-5,9H2,1-3H3. The van der Waals surface area contributed by atoms with E-state index in [4.69, 9.17) is 5.73 Å². The Labute approximate surface area is 67.9 Å². The van der Waals surface area contributed by atoms with Gasteiger partial charge in [-0.15, -0.1) is 0 Å². The Morgan fingerprint density at radius 2 is 2.09 bits per heavy atom. The molecule has 0 amide bonds. The van der Waals surface area contributed by atoms with E-state index < -0.39 is 0 Å². The summed E-state index contributed by atoms with van der Waals surface area (Å²) in [5, 5.41) is 0. The van der Waals surface area contributed by atoms with Crippen molar-refractivity contribution in [3.63, 3.8) is 0 Å². The fourth-order valence-corrected chi connectivity index (χ4v) is 0.986. The molecule has 0 saturated carbocycles. The molecule has 2 N–H and O–H groups in total. The predicted octanol–water partition coefficient (Wildman–Crippen LogP) is 0.923. The van der Waals surface area contributed by atoms with Crippen molar-refractivity contribution in [1.82, 2.24) is 0 Å². The largest absolute Gasteiger partial charge is 0.469 e. The smallest absolute Gasteiger partial charge is 0.307 e. The first-order valence-electron chi connectivity index (χ1n) is 3.88. The lowest BCUT2D eigenvalue weighted by Gasteiger charge is -2.11. The molecule has 0 fully saturated rings. The third-order valence-corrected chi connectivity index (χ3v) is 1.43. The van der Waals surface area contributed by atoms with Crippen LogP contribution in [-0.4, -0.2) is 19.1 Å². The van der Waals surface area contributed by atoms with E-state index in [0.29, 0.717) is 12.3 Å². The molecule has 66 valence electrons. The maximum Gasteiger partial charge on any atom is 0.307 e. The Balaban J connectivity index is 3.51. The maximum atomic E-state index is 10.7. The molecule has 0 spiro atoms. The van der Waals surface area contributed by atoms with Crippen molar-refractivity contribution in [3.05, 3.63) is 0 Å². The van der Waals surface area contributed by atoms with Gasteiger partial charge < -0.3 is 10.5 Å². The van der Waals surface area contributed by atoms with Crippen LogP contribution in [0.1, 0.15) is 26.7 Å². The van der Waals surface area contributed by atoms with Crippen LogP contribution < -0.4 is 5.73 Å². The summed E-state index contributed by atoms with van der Waals surface area (Å²) in [5.74, 6) is 0.313.